The van der Waals surface area contributed by atoms with E-state index in [1.54, 1.807) is 12.1 Å². The zero-order valence-corrected chi connectivity index (χ0v) is 11.1. The van der Waals surface area contributed by atoms with Crippen molar-refractivity contribution in [1.29, 1.82) is 0 Å². The van der Waals surface area contributed by atoms with E-state index in [0.717, 1.165) is 6.42 Å². The summed E-state index contributed by atoms with van der Waals surface area (Å²) >= 11 is 0. The van der Waals surface area contributed by atoms with Crippen molar-refractivity contribution in [2.75, 3.05) is 14.1 Å². The molecule has 0 aromatic heterocycles. The maximum Gasteiger partial charge on any atom is 0.242 e. The largest absolute Gasteiger partial charge is 0.242 e. The summed E-state index contributed by atoms with van der Waals surface area (Å²) in [5.74, 6) is 0.469. The van der Waals surface area contributed by atoms with Gasteiger partial charge in [0.05, 0.1) is 4.90 Å². The van der Waals surface area contributed by atoms with Crippen LogP contribution in [-0.2, 0) is 10.0 Å². The maximum atomic E-state index is 11.8. The molecule has 0 spiro atoms. The average Bonchev–Trinajstić information content (AvgIpc) is 2.28. The van der Waals surface area contributed by atoms with Crippen molar-refractivity contribution in [3.05, 3.63) is 29.8 Å². The first-order chi connectivity index (χ1) is 7.39. The minimum atomic E-state index is -3.29. The molecule has 0 unspecified atom stereocenters. The third-order valence-electron chi connectivity index (χ3n) is 2.84. The van der Waals surface area contributed by atoms with Gasteiger partial charge in [-0.3, -0.25) is 0 Å². The molecule has 1 atom stereocenters. The van der Waals surface area contributed by atoms with Gasteiger partial charge in [-0.15, -0.1) is 0 Å². The highest BCUT2D eigenvalue weighted by atomic mass is 32.2. The second-order valence-electron chi connectivity index (χ2n) is 4.17. The van der Waals surface area contributed by atoms with Crippen LogP contribution >= 0.6 is 0 Å². The Morgan fingerprint density at radius 2 is 1.69 bits per heavy atom. The summed E-state index contributed by atoms with van der Waals surface area (Å²) in [4.78, 5) is 0.351. The molecule has 0 fully saturated rings. The normalized spacial score (nSPS) is 14.1. The Hall–Kier alpha value is -0.870. The Bertz CT molecular complexity index is 435. The predicted molar refractivity (Wildman–Crippen MR) is 66.0 cm³/mol. The van der Waals surface area contributed by atoms with Gasteiger partial charge in [-0.2, -0.15) is 0 Å². The van der Waals surface area contributed by atoms with Crippen molar-refractivity contribution in [2.24, 2.45) is 0 Å². The van der Waals surface area contributed by atoms with Gasteiger partial charge in [0, 0.05) is 14.1 Å². The molecule has 0 heterocycles. The molecular formula is C12H19NO2S. The number of sulfonamides is 1. The van der Waals surface area contributed by atoms with Gasteiger partial charge in [0.2, 0.25) is 10.0 Å². The molecular weight excluding hydrogens is 222 g/mol. The van der Waals surface area contributed by atoms with Crippen LogP contribution in [0.2, 0.25) is 0 Å². The summed E-state index contributed by atoms with van der Waals surface area (Å²) in [6, 6.07) is 7.14. The molecule has 0 N–H and O–H groups in total. The zero-order valence-electron chi connectivity index (χ0n) is 10.3. The van der Waals surface area contributed by atoms with Crippen molar-refractivity contribution in [2.45, 2.75) is 31.1 Å². The second kappa shape index (κ2) is 4.97. The van der Waals surface area contributed by atoms with Crippen LogP contribution in [0.15, 0.2) is 29.2 Å². The lowest BCUT2D eigenvalue weighted by molar-refractivity contribution is 0.520. The molecule has 0 saturated carbocycles. The molecule has 1 aromatic rings. The van der Waals surface area contributed by atoms with Gasteiger partial charge in [-0.05, 0) is 30.0 Å². The van der Waals surface area contributed by atoms with Crippen LogP contribution in [0, 0.1) is 0 Å². The molecule has 1 aromatic carbocycles. The lowest BCUT2D eigenvalue weighted by Gasteiger charge is -2.13. The molecule has 0 saturated heterocycles. The van der Waals surface area contributed by atoms with E-state index in [-0.39, 0.29) is 0 Å². The summed E-state index contributed by atoms with van der Waals surface area (Å²) < 4.78 is 24.8. The highest BCUT2D eigenvalue weighted by Crippen LogP contribution is 2.21. The SMILES string of the molecule is CC[C@H](C)c1ccc(S(=O)(=O)N(C)C)cc1. The molecule has 3 nitrogen and oxygen atoms in total. The van der Waals surface area contributed by atoms with Crippen molar-refractivity contribution < 1.29 is 8.42 Å². The molecule has 90 valence electrons. The number of nitrogens with zero attached hydrogens (tertiary/aromatic N) is 1. The standard InChI is InChI=1S/C12H19NO2S/c1-5-10(2)11-6-8-12(9-7-11)16(14,15)13(3)4/h6-10H,5H2,1-4H3/t10-/m0/s1. The first kappa shape index (κ1) is 13.2. The minimum absolute atomic E-state index is 0.351. The Morgan fingerprint density at radius 1 is 1.19 bits per heavy atom. The second-order valence-corrected chi connectivity index (χ2v) is 6.32. The first-order valence-corrected chi connectivity index (χ1v) is 6.86. The molecule has 16 heavy (non-hydrogen) atoms. The lowest BCUT2D eigenvalue weighted by atomic mass is 9.99. The van der Waals surface area contributed by atoms with Crippen molar-refractivity contribution >= 4 is 10.0 Å². The lowest BCUT2D eigenvalue weighted by Crippen LogP contribution is -2.22. The zero-order chi connectivity index (χ0) is 12.3. The Balaban J connectivity index is 3.05. The van der Waals surface area contributed by atoms with Crippen molar-refractivity contribution in [1.82, 2.24) is 4.31 Å². The fourth-order valence-corrected chi connectivity index (χ4v) is 2.32. The third-order valence-corrected chi connectivity index (χ3v) is 4.67. The van der Waals surface area contributed by atoms with E-state index in [0.29, 0.717) is 10.8 Å². The van der Waals surface area contributed by atoms with E-state index in [9.17, 15) is 8.42 Å². The highest BCUT2D eigenvalue weighted by Gasteiger charge is 2.16. The fourth-order valence-electron chi connectivity index (χ4n) is 1.41. The predicted octanol–water partition coefficient (Wildman–Crippen LogP) is 2.45. The third kappa shape index (κ3) is 2.62. The molecule has 1 rings (SSSR count). The maximum absolute atomic E-state index is 11.8. The average molecular weight is 241 g/mol. The molecule has 0 aliphatic rings. The van der Waals surface area contributed by atoms with E-state index in [2.05, 4.69) is 13.8 Å². The highest BCUT2D eigenvalue weighted by molar-refractivity contribution is 7.89. The smallest absolute Gasteiger partial charge is 0.207 e. The van der Waals surface area contributed by atoms with Crippen LogP contribution in [0.5, 0.6) is 0 Å². The number of hydrogen-bond donors (Lipinski definition) is 0. The minimum Gasteiger partial charge on any atom is -0.207 e. The van der Waals surface area contributed by atoms with Gasteiger partial charge in [0.1, 0.15) is 0 Å². The summed E-state index contributed by atoms with van der Waals surface area (Å²) in [6.07, 6.45) is 1.06. The van der Waals surface area contributed by atoms with Crippen LogP contribution in [0.1, 0.15) is 31.7 Å². The van der Waals surface area contributed by atoms with Gasteiger partial charge in [0.15, 0.2) is 0 Å². The van der Waals surface area contributed by atoms with Crippen LogP contribution in [-0.4, -0.2) is 26.8 Å². The fraction of sp³-hybridized carbons (Fsp3) is 0.500. The van der Waals surface area contributed by atoms with E-state index in [1.165, 1.54) is 24.0 Å². The summed E-state index contributed by atoms with van der Waals surface area (Å²) in [5, 5.41) is 0. The van der Waals surface area contributed by atoms with E-state index in [1.807, 2.05) is 12.1 Å². The Morgan fingerprint density at radius 3 is 2.06 bits per heavy atom. The van der Waals surface area contributed by atoms with Crippen molar-refractivity contribution in [3.8, 4) is 0 Å². The van der Waals surface area contributed by atoms with Crippen LogP contribution in [0.4, 0.5) is 0 Å². The number of hydrogen-bond acceptors (Lipinski definition) is 2. The van der Waals surface area contributed by atoms with Crippen LogP contribution in [0.25, 0.3) is 0 Å². The van der Waals surface area contributed by atoms with E-state index in [4.69, 9.17) is 0 Å². The number of benzene rings is 1. The summed E-state index contributed by atoms with van der Waals surface area (Å²) in [6.45, 7) is 4.25. The quantitative estimate of drug-likeness (QED) is 0.812. The Kier molecular flexibility index (Phi) is 4.10. The van der Waals surface area contributed by atoms with E-state index >= 15 is 0 Å². The summed E-state index contributed by atoms with van der Waals surface area (Å²) in [5.41, 5.74) is 1.18. The topological polar surface area (TPSA) is 37.4 Å². The van der Waals surface area contributed by atoms with Gasteiger partial charge in [0.25, 0.3) is 0 Å². The molecule has 0 amide bonds. The molecule has 0 aliphatic carbocycles. The van der Waals surface area contributed by atoms with Gasteiger partial charge in [-0.1, -0.05) is 26.0 Å². The van der Waals surface area contributed by atoms with Crippen LogP contribution in [0.3, 0.4) is 0 Å². The molecule has 0 bridgehead atoms. The molecule has 0 aliphatic heterocycles. The van der Waals surface area contributed by atoms with Gasteiger partial charge < -0.3 is 0 Å². The van der Waals surface area contributed by atoms with Gasteiger partial charge in [-0.25, -0.2) is 12.7 Å². The number of rotatable bonds is 4. The van der Waals surface area contributed by atoms with E-state index < -0.39 is 10.0 Å². The summed E-state index contributed by atoms with van der Waals surface area (Å²) in [7, 11) is -0.214. The van der Waals surface area contributed by atoms with Gasteiger partial charge >= 0.3 is 0 Å². The van der Waals surface area contributed by atoms with Crippen LogP contribution < -0.4 is 0 Å². The monoisotopic (exact) mass is 241 g/mol. The Labute approximate surface area is 98.1 Å². The van der Waals surface area contributed by atoms with Crippen molar-refractivity contribution in [3.63, 3.8) is 0 Å². The first-order valence-electron chi connectivity index (χ1n) is 5.42. The molecule has 0 radical (unpaired) electrons. The molecule has 4 heteroatoms.